The smallest absolute Gasteiger partial charge is 0.435 e. The van der Waals surface area contributed by atoms with E-state index in [-0.39, 0.29) is 5.69 Å². The predicted octanol–water partition coefficient (Wildman–Crippen LogP) is 3.24. The number of para-hydroxylation sites is 2. The van der Waals surface area contributed by atoms with E-state index in [0.717, 1.165) is 10.2 Å². The lowest BCUT2D eigenvalue weighted by molar-refractivity contribution is -0.123. The predicted molar refractivity (Wildman–Crippen MR) is 109 cm³/mol. The quantitative estimate of drug-likeness (QED) is 0.463. The van der Waals surface area contributed by atoms with Gasteiger partial charge in [0.15, 0.2) is 12.3 Å². The third kappa shape index (κ3) is 5.03. The number of amides is 1. The van der Waals surface area contributed by atoms with Crippen molar-refractivity contribution in [1.29, 1.82) is 0 Å². The molecule has 1 aromatic heterocycles. The van der Waals surface area contributed by atoms with Gasteiger partial charge in [0.25, 0.3) is 11.5 Å². The minimum atomic E-state index is -4.98. The number of ether oxygens (including phenoxy) is 1. The highest BCUT2D eigenvalue weighted by atomic mass is 19.4. The van der Waals surface area contributed by atoms with Crippen LogP contribution in [0.4, 0.5) is 13.2 Å². The molecule has 0 aliphatic carbocycles. The number of benzene rings is 2. The molecule has 0 radical (unpaired) electrons. The fourth-order valence-electron chi connectivity index (χ4n) is 2.86. The molecule has 1 amide bonds. The second-order valence-corrected chi connectivity index (χ2v) is 6.64. The maximum atomic E-state index is 13.7. The number of aryl methyl sites for hydroxylation is 2. The van der Waals surface area contributed by atoms with Crippen LogP contribution in [0.15, 0.2) is 64.5 Å². The van der Waals surface area contributed by atoms with Crippen LogP contribution in [0, 0.1) is 13.8 Å². The maximum Gasteiger partial charge on any atom is 0.435 e. The molecule has 3 rings (SSSR count). The molecule has 0 fully saturated rings. The second-order valence-electron chi connectivity index (χ2n) is 6.64. The number of hydrogen-bond donors (Lipinski definition) is 2. The molecule has 2 N–H and O–H groups in total. The molecule has 31 heavy (non-hydrogen) atoms. The lowest BCUT2D eigenvalue weighted by Gasteiger charge is -2.10. The third-order valence-corrected chi connectivity index (χ3v) is 4.34. The normalized spacial score (nSPS) is 12.0. The molecular weight excluding hydrogens is 413 g/mol. The first-order valence-electron chi connectivity index (χ1n) is 9.18. The standard InChI is InChI=1S/C21H19F3N4O3/c1-13-8-6-7-11-16(13)31-12-17(29)25-26-19(21(22,23)24)18-14(2)27-28(20(18)30)15-9-4-3-5-10-15/h3-11,27H,12H2,1-2H3,(H,25,29)/b26-19-. The summed E-state index contributed by atoms with van der Waals surface area (Å²) in [6, 6.07) is 15.0. The fourth-order valence-corrected chi connectivity index (χ4v) is 2.86. The monoisotopic (exact) mass is 432 g/mol. The van der Waals surface area contributed by atoms with Gasteiger partial charge in [-0.25, -0.2) is 10.1 Å². The van der Waals surface area contributed by atoms with Gasteiger partial charge in [-0.1, -0.05) is 36.4 Å². The summed E-state index contributed by atoms with van der Waals surface area (Å²) >= 11 is 0. The summed E-state index contributed by atoms with van der Waals surface area (Å²) in [6.45, 7) is 2.54. The van der Waals surface area contributed by atoms with E-state index in [0.29, 0.717) is 11.4 Å². The zero-order valence-corrected chi connectivity index (χ0v) is 16.7. The number of aromatic nitrogens is 2. The van der Waals surface area contributed by atoms with Gasteiger partial charge < -0.3 is 4.74 Å². The van der Waals surface area contributed by atoms with Crippen molar-refractivity contribution < 1.29 is 22.7 Å². The number of aromatic amines is 1. The van der Waals surface area contributed by atoms with Crippen LogP contribution in [-0.2, 0) is 4.79 Å². The van der Waals surface area contributed by atoms with Gasteiger partial charge in [0.05, 0.1) is 11.3 Å². The van der Waals surface area contributed by atoms with Gasteiger partial charge in [-0.15, -0.1) is 0 Å². The Balaban J connectivity index is 1.85. The van der Waals surface area contributed by atoms with E-state index in [1.54, 1.807) is 61.5 Å². The molecule has 10 heteroatoms. The summed E-state index contributed by atoms with van der Waals surface area (Å²) in [6.07, 6.45) is -4.98. The minimum Gasteiger partial charge on any atom is -0.483 e. The Morgan fingerprint density at radius 1 is 1.10 bits per heavy atom. The molecule has 0 saturated heterocycles. The number of alkyl halides is 3. The van der Waals surface area contributed by atoms with Crippen molar-refractivity contribution in [2.45, 2.75) is 20.0 Å². The Labute approximate surface area is 175 Å². The van der Waals surface area contributed by atoms with Gasteiger partial charge in [0.2, 0.25) is 0 Å². The van der Waals surface area contributed by atoms with Gasteiger partial charge in [0.1, 0.15) is 5.75 Å². The number of H-pyrrole nitrogens is 1. The summed E-state index contributed by atoms with van der Waals surface area (Å²) in [7, 11) is 0. The second kappa shape index (κ2) is 8.90. The van der Waals surface area contributed by atoms with Gasteiger partial charge in [-0.3, -0.25) is 14.7 Å². The van der Waals surface area contributed by atoms with Crippen LogP contribution in [0.1, 0.15) is 16.8 Å². The molecule has 3 aromatic rings. The fraction of sp³-hybridized carbons (Fsp3) is 0.190. The Morgan fingerprint density at radius 2 is 1.74 bits per heavy atom. The number of nitrogens with one attached hydrogen (secondary N) is 2. The number of hydrazone groups is 1. The highest BCUT2D eigenvalue weighted by molar-refractivity contribution is 6.05. The van der Waals surface area contributed by atoms with Crippen LogP contribution in [-0.4, -0.2) is 34.2 Å². The van der Waals surface area contributed by atoms with Crippen LogP contribution in [0.5, 0.6) is 5.75 Å². The van der Waals surface area contributed by atoms with Crippen LogP contribution < -0.4 is 15.7 Å². The molecular formula is C21H19F3N4O3. The van der Waals surface area contributed by atoms with Gasteiger partial charge >= 0.3 is 6.18 Å². The first-order valence-corrected chi connectivity index (χ1v) is 9.18. The van der Waals surface area contributed by atoms with Gasteiger partial charge in [0, 0.05) is 5.69 Å². The first-order chi connectivity index (χ1) is 14.7. The minimum absolute atomic E-state index is 0.0460. The Bertz CT molecular complexity index is 1160. The number of carbonyl (C=O) groups excluding carboxylic acids is 1. The molecule has 1 heterocycles. The van der Waals surface area contributed by atoms with Crippen molar-refractivity contribution in [3.8, 4) is 11.4 Å². The van der Waals surface area contributed by atoms with E-state index in [1.807, 2.05) is 5.43 Å². The summed E-state index contributed by atoms with van der Waals surface area (Å²) < 4.78 is 47.2. The SMILES string of the molecule is Cc1ccccc1OCC(=O)N/N=C(/c1c(C)[nH]n(-c2ccccc2)c1=O)C(F)(F)F. The van der Waals surface area contributed by atoms with E-state index in [4.69, 9.17) is 4.74 Å². The number of nitrogens with zero attached hydrogens (tertiary/aromatic N) is 2. The van der Waals surface area contributed by atoms with Crippen LogP contribution in [0.25, 0.3) is 5.69 Å². The molecule has 0 spiro atoms. The maximum absolute atomic E-state index is 13.7. The average molecular weight is 432 g/mol. The van der Waals surface area contributed by atoms with Gasteiger partial charge in [-0.2, -0.15) is 18.3 Å². The lowest BCUT2D eigenvalue weighted by atomic mass is 10.1. The average Bonchev–Trinajstić information content (AvgIpc) is 3.02. The largest absolute Gasteiger partial charge is 0.483 e. The molecule has 0 unspecified atom stereocenters. The van der Waals surface area contributed by atoms with Crippen LogP contribution >= 0.6 is 0 Å². The number of hydrogen-bond acceptors (Lipinski definition) is 4. The van der Waals surface area contributed by atoms with Crippen molar-refractivity contribution in [2.24, 2.45) is 5.10 Å². The van der Waals surface area contributed by atoms with E-state index in [9.17, 15) is 22.8 Å². The number of halogens is 3. The van der Waals surface area contributed by atoms with E-state index in [1.165, 1.54) is 6.92 Å². The molecule has 162 valence electrons. The zero-order valence-electron chi connectivity index (χ0n) is 16.7. The third-order valence-electron chi connectivity index (χ3n) is 4.34. The van der Waals surface area contributed by atoms with Crippen molar-refractivity contribution in [3.63, 3.8) is 0 Å². The van der Waals surface area contributed by atoms with E-state index >= 15 is 0 Å². The molecule has 7 nitrogen and oxygen atoms in total. The van der Waals surface area contributed by atoms with Crippen LogP contribution in [0.3, 0.4) is 0 Å². The summed E-state index contributed by atoms with van der Waals surface area (Å²) in [5, 5.41) is 5.82. The van der Waals surface area contributed by atoms with E-state index in [2.05, 4.69) is 10.2 Å². The highest BCUT2D eigenvalue weighted by Gasteiger charge is 2.41. The highest BCUT2D eigenvalue weighted by Crippen LogP contribution is 2.23. The Morgan fingerprint density at radius 3 is 2.39 bits per heavy atom. The molecule has 0 saturated carbocycles. The van der Waals surface area contributed by atoms with Crippen molar-refractivity contribution in [3.05, 3.63) is 81.8 Å². The topological polar surface area (TPSA) is 88.5 Å². The Hall–Kier alpha value is -3.82. The first kappa shape index (κ1) is 21.9. The lowest BCUT2D eigenvalue weighted by Crippen LogP contribution is -2.34. The van der Waals surface area contributed by atoms with E-state index < -0.39 is 35.5 Å². The molecule has 2 aromatic carbocycles. The molecule has 0 atom stereocenters. The van der Waals surface area contributed by atoms with Crippen molar-refractivity contribution >= 4 is 11.6 Å². The van der Waals surface area contributed by atoms with Crippen molar-refractivity contribution in [2.75, 3.05) is 6.61 Å². The van der Waals surface area contributed by atoms with Gasteiger partial charge in [-0.05, 0) is 37.6 Å². The Kier molecular flexibility index (Phi) is 6.28. The zero-order chi connectivity index (χ0) is 22.6. The molecule has 0 bridgehead atoms. The summed E-state index contributed by atoms with van der Waals surface area (Å²) in [5.41, 5.74) is -0.232. The molecule has 0 aliphatic rings. The summed E-state index contributed by atoms with van der Waals surface area (Å²) in [4.78, 5) is 24.7. The summed E-state index contributed by atoms with van der Waals surface area (Å²) in [5.74, 6) is -0.480. The van der Waals surface area contributed by atoms with Crippen LogP contribution in [0.2, 0.25) is 0 Å². The number of carbonyl (C=O) groups is 1. The number of rotatable bonds is 6. The molecule has 0 aliphatic heterocycles. The van der Waals surface area contributed by atoms with Crippen molar-refractivity contribution in [1.82, 2.24) is 15.2 Å².